The van der Waals surface area contributed by atoms with Crippen LogP contribution in [-0.4, -0.2) is 18.1 Å². The van der Waals surface area contributed by atoms with E-state index in [2.05, 4.69) is 4.98 Å². The standard InChI is InChI=1S/C13H19ClN2O/c14-12-8-16-6-5-13(12)17-9-11-4-2-1-3-10(11)7-15/h5-6,8,10-11H,1-4,7,9,15H2. The van der Waals surface area contributed by atoms with Crippen molar-refractivity contribution >= 4 is 11.6 Å². The fraction of sp³-hybridized carbons (Fsp3) is 0.615. The maximum Gasteiger partial charge on any atom is 0.141 e. The van der Waals surface area contributed by atoms with E-state index < -0.39 is 0 Å². The second-order valence-corrected chi connectivity index (χ2v) is 5.06. The number of rotatable bonds is 4. The van der Waals surface area contributed by atoms with Crippen LogP contribution in [0.2, 0.25) is 5.02 Å². The van der Waals surface area contributed by atoms with Gasteiger partial charge >= 0.3 is 0 Å². The minimum Gasteiger partial charge on any atom is -0.492 e. The molecule has 2 rings (SSSR count). The Hall–Kier alpha value is -0.800. The van der Waals surface area contributed by atoms with Crippen molar-refractivity contribution in [3.05, 3.63) is 23.5 Å². The highest BCUT2D eigenvalue weighted by molar-refractivity contribution is 6.31. The maximum absolute atomic E-state index is 6.00. The molecule has 0 aliphatic heterocycles. The van der Waals surface area contributed by atoms with Gasteiger partial charge < -0.3 is 10.5 Å². The molecule has 1 fully saturated rings. The molecule has 0 saturated heterocycles. The highest BCUT2D eigenvalue weighted by Crippen LogP contribution is 2.31. The second-order valence-electron chi connectivity index (χ2n) is 4.66. The SMILES string of the molecule is NCC1CCCCC1COc1ccncc1Cl. The number of nitrogens with zero attached hydrogens (tertiary/aromatic N) is 1. The van der Waals surface area contributed by atoms with Crippen LogP contribution in [0, 0.1) is 11.8 Å². The molecule has 94 valence electrons. The molecule has 2 unspecified atom stereocenters. The first-order valence-electron chi connectivity index (χ1n) is 6.23. The highest BCUT2D eigenvalue weighted by atomic mass is 35.5. The zero-order valence-electron chi connectivity index (χ0n) is 9.94. The smallest absolute Gasteiger partial charge is 0.141 e. The lowest BCUT2D eigenvalue weighted by atomic mass is 9.80. The Morgan fingerprint density at radius 1 is 1.35 bits per heavy atom. The van der Waals surface area contributed by atoms with Gasteiger partial charge in [0.15, 0.2) is 0 Å². The third kappa shape index (κ3) is 3.33. The lowest BCUT2D eigenvalue weighted by molar-refractivity contribution is 0.153. The summed E-state index contributed by atoms with van der Waals surface area (Å²) in [5.74, 6) is 1.89. The highest BCUT2D eigenvalue weighted by Gasteiger charge is 2.24. The summed E-state index contributed by atoms with van der Waals surface area (Å²) in [5, 5.41) is 0.576. The van der Waals surface area contributed by atoms with E-state index in [0.717, 1.165) is 12.3 Å². The number of nitrogens with two attached hydrogens (primary N) is 1. The Morgan fingerprint density at radius 3 is 2.82 bits per heavy atom. The first-order chi connectivity index (χ1) is 8.31. The molecule has 2 N–H and O–H groups in total. The molecule has 1 aliphatic carbocycles. The second kappa shape index (κ2) is 6.22. The van der Waals surface area contributed by atoms with E-state index in [9.17, 15) is 0 Å². The van der Waals surface area contributed by atoms with Crippen molar-refractivity contribution in [3.8, 4) is 5.75 Å². The van der Waals surface area contributed by atoms with Crippen molar-refractivity contribution in [1.29, 1.82) is 0 Å². The molecule has 0 amide bonds. The van der Waals surface area contributed by atoms with Gasteiger partial charge in [0.05, 0.1) is 6.61 Å². The molecule has 1 aliphatic rings. The lowest BCUT2D eigenvalue weighted by Gasteiger charge is -2.30. The number of ether oxygens (including phenoxy) is 1. The van der Waals surface area contributed by atoms with Gasteiger partial charge in [-0.2, -0.15) is 0 Å². The number of halogens is 1. The maximum atomic E-state index is 6.00. The van der Waals surface area contributed by atoms with Crippen molar-refractivity contribution in [1.82, 2.24) is 4.98 Å². The molecule has 1 aromatic rings. The van der Waals surface area contributed by atoms with Crippen LogP contribution >= 0.6 is 11.6 Å². The van der Waals surface area contributed by atoms with Crippen LogP contribution in [0.1, 0.15) is 25.7 Å². The number of hydrogen-bond acceptors (Lipinski definition) is 3. The van der Waals surface area contributed by atoms with E-state index in [1.54, 1.807) is 12.4 Å². The monoisotopic (exact) mass is 254 g/mol. The minimum absolute atomic E-state index is 0.568. The Balaban J connectivity index is 1.90. The largest absolute Gasteiger partial charge is 0.492 e. The van der Waals surface area contributed by atoms with Crippen LogP contribution in [0.4, 0.5) is 0 Å². The van der Waals surface area contributed by atoms with Crippen LogP contribution in [0.25, 0.3) is 0 Å². The summed E-state index contributed by atoms with van der Waals surface area (Å²) in [6, 6.07) is 1.81. The molecule has 1 aromatic heterocycles. The average molecular weight is 255 g/mol. The Kier molecular flexibility index (Phi) is 4.63. The van der Waals surface area contributed by atoms with Crippen molar-refractivity contribution < 1.29 is 4.74 Å². The van der Waals surface area contributed by atoms with Gasteiger partial charge in [-0.15, -0.1) is 0 Å². The summed E-state index contributed by atoms with van der Waals surface area (Å²) in [6.45, 7) is 1.48. The van der Waals surface area contributed by atoms with Gasteiger partial charge in [0.2, 0.25) is 0 Å². The summed E-state index contributed by atoms with van der Waals surface area (Å²) in [5.41, 5.74) is 5.80. The van der Waals surface area contributed by atoms with Gasteiger partial charge in [-0.3, -0.25) is 4.98 Å². The van der Waals surface area contributed by atoms with Gasteiger partial charge in [-0.1, -0.05) is 24.4 Å². The molecular formula is C13H19ClN2O. The number of aromatic nitrogens is 1. The van der Waals surface area contributed by atoms with E-state index in [1.807, 2.05) is 6.07 Å². The Labute approximate surface area is 107 Å². The topological polar surface area (TPSA) is 48.1 Å². The molecule has 4 heteroatoms. The van der Waals surface area contributed by atoms with Gasteiger partial charge in [-0.05, 0) is 31.2 Å². The van der Waals surface area contributed by atoms with Crippen LogP contribution in [0.3, 0.4) is 0 Å². The van der Waals surface area contributed by atoms with Crippen LogP contribution in [-0.2, 0) is 0 Å². The Bertz CT molecular complexity index is 359. The van der Waals surface area contributed by atoms with Gasteiger partial charge in [0.25, 0.3) is 0 Å². The third-order valence-corrected chi connectivity index (χ3v) is 3.84. The molecule has 0 bridgehead atoms. The van der Waals surface area contributed by atoms with Gasteiger partial charge in [0.1, 0.15) is 10.8 Å². The average Bonchev–Trinajstić information content (AvgIpc) is 2.38. The fourth-order valence-corrected chi connectivity index (χ4v) is 2.66. The van der Waals surface area contributed by atoms with E-state index in [1.165, 1.54) is 25.7 Å². The molecule has 0 aromatic carbocycles. The fourth-order valence-electron chi connectivity index (χ4n) is 2.49. The molecular weight excluding hydrogens is 236 g/mol. The lowest BCUT2D eigenvalue weighted by Crippen LogP contribution is -2.30. The molecule has 3 nitrogen and oxygen atoms in total. The third-order valence-electron chi connectivity index (χ3n) is 3.56. The quantitative estimate of drug-likeness (QED) is 0.899. The molecule has 2 atom stereocenters. The summed E-state index contributed by atoms with van der Waals surface area (Å²) in [7, 11) is 0. The summed E-state index contributed by atoms with van der Waals surface area (Å²) in [4.78, 5) is 3.94. The molecule has 1 heterocycles. The van der Waals surface area contributed by atoms with Crippen LogP contribution in [0.15, 0.2) is 18.5 Å². The van der Waals surface area contributed by atoms with E-state index in [4.69, 9.17) is 22.1 Å². The summed E-state index contributed by atoms with van der Waals surface area (Å²) in [6.07, 6.45) is 8.34. The predicted octanol–water partition coefficient (Wildman–Crippen LogP) is 2.88. The van der Waals surface area contributed by atoms with Crippen LogP contribution in [0.5, 0.6) is 5.75 Å². The van der Waals surface area contributed by atoms with Crippen molar-refractivity contribution in [2.24, 2.45) is 17.6 Å². The number of pyridine rings is 1. The van der Waals surface area contributed by atoms with Crippen LogP contribution < -0.4 is 10.5 Å². The van der Waals surface area contributed by atoms with Crippen molar-refractivity contribution in [2.45, 2.75) is 25.7 Å². The number of hydrogen-bond donors (Lipinski definition) is 1. The normalized spacial score (nSPS) is 24.6. The minimum atomic E-state index is 0.568. The first-order valence-corrected chi connectivity index (χ1v) is 6.61. The molecule has 17 heavy (non-hydrogen) atoms. The van der Waals surface area contributed by atoms with E-state index in [0.29, 0.717) is 23.5 Å². The van der Waals surface area contributed by atoms with E-state index in [-0.39, 0.29) is 0 Å². The predicted molar refractivity (Wildman–Crippen MR) is 69.2 cm³/mol. The van der Waals surface area contributed by atoms with Gasteiger partial charge in [0, 0.05) is 18.5 Å². The zero-order chi connectivity index (χ0) is 12.1. The zero-order valence-corrected chi connectivity index (χ0v) is 10.7. The summed E-state index contributed by atoms with van der Waals surface area (Å²) >= 11 is 6.00. The van der Waals surface area contributed by atoms with Crippen molar-refractivity contribution in [2.75, 3.05) is 13.2 Å². The molecule has 0 radical (unpaired) electrons. The molecule has 1 saturated carbocycles. The Morgan fingerprint density at radius 2 is 2.12 bits per heavy atom. The van der Waals surface area contributed by atoms with E-state index >= 15 is 0 Å². The summed E-state index contributed by atoms with van der Waals surface area (Å²) < 4.78 is 5.78. The molecule has 0 spiro atoms. The van der Waals surface area contributed by atoms with Crippen molar-refractivity contribution in [3.63, 3.8) is 0 Å². The first kappa shape index (κ1) is 12.7. The van der Waals surface area contributed by atoms with Gasteiger partial charge in [-0.25, -0.2) is 0 Å².